The van der Waals surface area contributed by atoms with Crippen LogP contribution >= 0.6 is 0 Å². The zero-order valence-corrected chi connectivity index (χ0v) is 12.3. The molecule has 2 aromatic heterocycles. The van der Waals surface area contributed by atoms with Crippen LogP contribution in [0.3, 0.4) is 0 Å². The Hall–Kier alpha value is -2.20. The molecule has 1 atom stereocenters. The van der Waals surface area contributed by atoms with E-state index in [1.54, 1.807) is 0 Å². The van der Waals surface area contributed by atoms with Crippen LogP contribution in [0.1, 0.15) is 30.1 Å². The molecule has 1 aromatic carbocycles. The number of aryl methyl sites for hydroxylation is 2. The molecular weight excluding hydrogens is 262 g/mol. The van der Waals surface area contributed by atoms with Gasteiger partial charge in [0.2, 0.25) is 0 Å². The largest absolute Gasteiger partial charge is 0.386 e. The van der Waals surface area contributed by atoms with Crippen molar-refractivity contribution in [2.45, 2.75) is 25.9 Å². The van der Waals surface area contributed by atoms with Crippen LogP contribution in [0, 0.1) is 0 Å². The summed E-state index contributed by atoms with van der Waals surface area (Å²) in [5, 5.41) is 15.9. The van der Waals surface area contributed by atoms with E-state index in [2.05, 4.69) is 17.0 Å². The van der Waals surface area contributed by atoms with Crippen molar-refractivity contribution in [1.29, 1.82) is 0 Å². The number of hydrogen-bond donors (Lipinski definition) is 1. The second-order valence-electron chi connectivity index (χ2n) is 5.25. The monoisotopic (exact) mass is 281 g/mol. The Balaban J connectivity index is 1.85. The molecule has 0 radical (unpaired) electrons. The predicted octanol–water partition coefficient (Wildman–Crippen LogP) is 2.81. The third kappa shape index (κ3) is 2.81. The van der Waals surface area contributed by atoms with Gasteiger partial charge in [-0.05, 0) is 24.6 Å². The molecule has 1 N–H and O–H groups in total. The Morgan fingerprint density at radius 2 is 2.00 bits per heavy atom. The van der Waals surface area contributed by atoms with Crippen molar-refractivity contribution in [3.63, 3.8) is 0 Å². The van der Waals surface area contributed by atoms with E-state index in [0.29, 0.717) is 12.1 Å². The second-order valence-corrected chi connectivity index (χ2v) is 5.25. The molecule has 3 rings (SSSR count). The van der Waals surface area contributed by atoms with Gasteiger partial charge in [0.05, 0.1) is 16.9 Å². The summed E-state index contributed by atoms with van der Waals surface area (Å²) in [5.74, 6) is 0. The number of aliphatic hydroxyl groups is 1. The summed E-state index contributed by atoms with van der Waals surface area (Å²) in [7, 11) is 1.91. The van der Waals surface area contributed by atoms with Crippen LogP contribution in [0.15, 0.2) is 42.5 Å². The number of fused-ring (bicyclic) bond motifs is 1. The van der Waals surface area contributed by atoms with E-state index in [0.717, 1.165) is 28.7 Å². The zero-order chi connectivity index (χ0) is 14.8. The predicted molar refractivity (Wildman–Crippen MR) is 83.0 cm³/mol. The Labute approximate surface area is 124 Å². The average molecular weight is 281 g/mol. The number of benzene rings is 1. The van der Waals surface area contributed by atoms with Gasteiger partial charge >= 0.3 is 0 Å². The highest BCUT2D eigenvalue weighted by Crippen LogP contribution is 2.20. The first-order valence-corrected chi connectivity index (χ1v) is 7.23. The van der Waals surface area contributed by atoms with E-state index < -0.39 is 6.10 Å². The number of hydrogen-bond acceptors (Lipinski definition) is 3. The molecule has 21 heavy (non-hydrogen) atoms. The van der Waals surface area contributed by atoms with Gasteiger partial charge in [-0.1, -0.05) is 31.2 Å². The molecule has 1 unspecified atom stereocenters. The number of rotatable bonds is 4. The summed E-state index contributed by atoms with van der Waals surface area (Å²) in [6.45, 7) is 2.08. The summed E-state index contributed by atoms with van der Waals surface area (Å²) >= 11 is 0. The third-order valence-corrected chi connectivity index (χ3v) is 3.75. The lowest BCUT2D eigenvalue weighted by molar-refractivity contribution is 0.171. The van der Waals surface area contributed by atoms with Gasteiger partial charge in [-0.25, -0.2) is 0 Å². The standard InChI is InChI=1S/C17H19N3O/c1-3-13-10-14(20(2)19-13)11-17(21)16-9-8-12-6-4-5-7-15(12)18-16/h4-10,17,21H,3,11H2,1-2H3. The van der Waals surface area contributed by atoms with Crippen LogP contribution in [-0.2, 0) is 19.9 Å². The van der Waals surface area contributed by atoms with Gasteiger partial charge in [0.1, 0.15) is 6.10 Å². The van der Waals surface area contributed by atoms with Crippen molar-refractivity contribution < 1.29 is 5.11 Å². The van der Waals surface area contributed by atoms with Crippen molar-refractivity contribution in [2.24, 2.45) is 7.05 Å². The maximum absolute atomic E-state index is 10.4. The molecular formula is C17H19N3O. The van der Waals surface area contributed by atoms with Gasteiger partial charge in [0.25, 0.3) is 0 Å². The number of para-hydroxylation sites is 1. The second kappa shape index (κ2) is 5.66. The van der Waals surface area contributed by atoms with Gasteiger partial charge < -0.3 is 5.11 Å². The van der Waals surface area contributed by atoms with E-state index in [-0.39, 0.29) is 0 Å². The first-order valence-electron chi connectivity index (χ1n) is 7.23. The minimum atomic E-state index is -0.616. The molecule has 0 amide bonds. The maximum Gasteiger partial charge on any atom is 0.101 e. The minimum absolute atomic E-state index is 0.523. The van der Waals surface area contributed by atoms with Crippen molar-refractivity contribution in [1.82, 2.24) is 14.8 Å². The van der Waals surface area contributed by atoms with Crippen LogP contribution < -0.4 is 0 Å². The number of aliphatic hydroxyl groups excluding tert-OH is 1. The lowest BCUT2D eigenvalue weighted by atomic mass is 10.1. The summed E-state index contributed by atoms with van der Waals surface area (Å²) in [5.41, 5.74) is 3.68. The fourth-order valence-corrected chi connectivity index (χ4v) is 2.51. The number of pyridine rings is 1. The van der Waals surface area contributed by atoms with Crippen molar-refractivity contribution in [3.05, 3.63) is 59.5 Å². The first kappa shape index (κ1) is 13.8. The van der Waals surface area contributed by atoms with E-state index >= 15 is 0 Å². The Kier molecular flexibility index (Phi) is 3.71. The molecule has 0 saturated carbocycles. The summed E-state index contributed by atoms with van der Waals surface area (Å²) in [6.07, 6.45) is 0.808. The van der Waals surface area contributed by atoms with Crippen molar-refractivity contribution in [3.8, 4) is 0 Å². The highest BCUT2D eigenvalue weighted by Gasteiger charge is 2.14. The van der Waals surface area contributed by atoms with Gasteiger partial charge in [-0.2, -0.15) is 5.10 Å². The summed E-state index contributed by atoms with van der Waals surface area (Å²) in [4.78, 5) is 4.55. The highest BCUT2D eigenvalue weighted by molar-refractivity contribution is 5.78. The number of aromatic nitrogens is 3. The normalized spacial score (nSPS) is 12.7. The highest BCUT2D eigenvalue weighted by atomic mass is 16.3. The van der Waals surface area contributed by atoms with Gasteiger partial charge in [-0.15, -0.1) is 0 Å². The fourth-order valence-electron chi connectivity index (χ4n) is 2.51. The molecule has 0 fully saturated rings. The molecule has 0 saturated heterocycles. The molecule has 3 aromatic rings. The maximum atomic E-state index is 10.4. The molecule has 0 aliphatic heterocycles. The van der Waals surface area contributed by atoms with E-state index in [1.165, 1.54) is 0 Å². The lowest BCUT2D eigenvalue weighted by Gasteiger charge is -2.11. The minimum Gasteiger partial charge on any atom is -0.386 e. The molecule has 4 nitrogen and oxygen atoms in total. The molecule has 4 heteroatoms. The van der Waals surface area contributed by atoms with Crippen LogP contribution in [0.2, 0.25) is 0 Å². The van der Waals surface area contributed by atoms with Crippen LogP contribution in [0.5, 0.6) is 0 Å². The zero-order valence-electron chi connectivity index (χ0n) is 12.3. The van der Waals surface area contributed by atoms with Gasteiger partial charge in [0, 0.05) is 24.5 Å². The van der Waals surface area contributed by atoms with Crippen LogP contribution in [0.25, 0.3) is 10.9 Å². The summed E-state index contributed by atoms with van der Waals surface area (Å²) < 4.78 is 1.84. The Bertz CT molecular complexity index is 764. The Morgan fingerprint density at radius 3 is 2.76 bits per heavy atom. The molecule has 0 aliphatic carbocycles. The molecule has 108 valence electrons. The smallest absolute Gasteiger partial charge is 0.101 e. The molecule has 2 heterocycles. The van der Waals surface area contributed by atoms with Crippen LogP contribution in [-0.4, -0.2) is 19.9 Å². The van der Waals surface area contributed by atoms with Crippen molar-refractivity contribution in [2.75, 3.05) is 0 Å². The topological polar surface area (TPSA) is 50.9 Å². The lowest BCUT2D eigenvalue weighted by Crippen LogP contribution is -2.08. The van der Waals surface area contributed by atoms with E-state index in [1.807, 2.05) is 54.2 Å². The third-order valence-electron chi connectivity index (χ3n) is 3.75. The first-order chi connectivity index (χ1) is 10.2. The van der Waals surface area contributed by atoms with E-state index in [4.69, 9.17) is 0 Å². The summed E-state index contributed by atoms with van der Waals surface area (Å²) in [6, 6.07) is 13.9. The van der Waals surface area contributed by atoms with Crippen molar-refractivity contribution >= 4 is 10.9 Å². The average Bonchev–Trinajstić information content (AvgIpc) is 2.87. The van der Waals surface area contributed by atoms with E-state index in [9.17, 15) is 5.11 Å². The molecule has 0 spiro atoms. The quantitative estimate of drug-likeness (QED) is 0.800. The van der Waals surface area contributed by atoms with Gasteiger partial charge in [0.15, 0.2) is 0 Å². The number of nitrogens with zero attached hydrogens (tertiary/aromatic N) is 3. The molecule has 0 bridgehead atoms. The fraction of sp³-hybridized carbons (Fsp3) is 0.294. The SMILES string of the molecule is CCc1cc(CC(O)c2ccc3ccccc3n2)n(C)n1. The van der Waals surface area contributed by atoms with Gasteiger partial charge in [-0.3, -0.25) is 9.67 Å². The Morgan fingerprint density at radius 1 is 1.19 bits per heavy atom. The van der Waals surface area contributed by atoms with Crippen LogP contribution in [0.4, 0.5) is 0 Å². The molecule has 0 aliphatic rings.